The Morgan fingerprint density at radius 2 is 2.30 bits per heavy atom. The van der Waals surface area contributed by atoms with Crippen LogP contribution >= 0.6 is 0 Å². The predicted octanol–water partition coefficient (Wildman–Crippen LogP) is 2.92. The summed E-state index contributed by atoms with van der Waals surface area (Å²) in [5, 5.41) is 3.40. The van der Waals surface area contributed by atoms with Crippen molar-refractivity contribution in [3.63, 3.8) is 0 Å². The fourth-order valence-corrected chi connectivity index (χ4v) is 2.61. The topological polar surface area (TPSA) is 47.3 Å². The molecule has 1 aromatic rings. The Balaban J connectivity index is 1.91. The van der Waals surface area contributed by atoms with Crippen molar-refractivity contribution in [3.05, 3.63) is 41.2 Å². The maximum absolute atomic E-state index is 13.7. The Labute approximate surface area is 120 Å². The molecule has 3 N–H and O–H groups in total. The van der Waals surface area contributed by atoms with Gasteiger partial charge in [-0.25, -0.2) is 4.39 Å². The predicted molar refractivity (Wildman–Crippen MR) is 79.3 cm³/mol. The van der Waals surface area contributed by atoms with Crippen LogP contribution in [0, 0.1) is 5.82 Å². The van der Waals surface area contributed by atoms with Gasteiger partial charge in [-0.3, -0.25) is 0 Å². The Bertz CT molecular complexity index is 474. The first-order chi connectivity index (χ1) is 9.74. The lowest BCUT2D eigenvalue weighted by atomic mass is 10.1. The Morgan fingerprint density at radius 1 is 1.45 bits per heavy atom. The maximum Gasteiger partial charge on any atom is 0.165 e. The van der Waals surface area contributed by atoms with Crippen LogP contribution in [-0.2, 0) is 0 Å². The van der Waals surface area contributed by atoms with Crippen LogP contribution in [0.2, 0.25) is 0 Å². The lowest BCUT2D eigenvalue weighted by Crippen LogP contribution is -2.29. The molecular formula is C16H23FN2O. The second-order valence-electron chi connectivity index (χ2n) is 5.14. The molecular weight excluding hydrogens is 255 g/mol. The van der Waals surface area contributed by atoms with Crippen molar-refractivity contribution in [1.82, 2.24) is 5.32 Å². The highest BCUT2D eigenvalue weighted by Crippen LogP contribution is 2.23. The van der Waals surface area contributed by atoms with E-state index in [1.54, 1.807) is 6.07 Å². The fraction of sp³-hybridized carbons (Fsp3) is 0.500. The molecule has 0 saturated heterocycles. The van der Waals surface area contributed by atoms with Crippen molar-refractivity contribution >= 4 is 0 Å². The van der Waals surface area contributed by atoms with Crippen LogP contribution < -0.4 is 15.8 Å². The number of allylic oxidation sites excluding steroid dienone is 1. The van der Waals surface area contributed by atoms with E-state index in [1.807, 2.05) is 6.07 Å². The normalized spacial score (nSPS) is 16.1. The molecule has 0 fully saturated rings. The number of halogens is 1. The number of hydrogen-bond acceptors (Lipinski definition) is 3. The summed E-state index contributed by atoms with van der Waals surface area (Å²) in [4.78, 5) is 0. The summed E-state index contributed by atoms with van der Waals surface area (Å²) < 4.78 is 18.6. The number of ether oxygens (including phenoxy) is 1. The first kappa shape index (κ1) is 15.0. The molecule has 0 saturated carbocycles. The van der Waals surface area contributed by atoms with E-state index in [1.165, 1.54) is 38.0 Å². The zero-order valence-corrected chi connectivity index (χ0v) is 12.0. The summed E-state index contributed by atoms with van der Waals surface area (Å²) in [5.74, 6) is -0.0793. The van der Waals surface area contributed by atoms with E-state index in [0.717, 1.165) is 18.5 Å². The van der Waals surface area contributed by atoms with Crippen molar-refractivity contribution in [3.8, 4) is 5.75 Å². The highest BCUT2D eigenvalue weighted by atomic mass is 19.1. The quantitative estimate of drug-likeness (QED) is 0.754. The molecule has 0 spiro atoms. The average Bonchev–Trinajstić information content (AvgIpc) is 2.97. The molecule has 0 amide bonds. The SMILES string of the molecule is COc1ccc(C(CN)NCCC2=CCCC2)cc1F. The largest absolute Gasteiger partial charge is 0.494 e. The molecule has 2 rings (SSSR count). The number of benzene rings is 1. The first-order valence-corrected chi connectivity index (χ1v) is 7.19. The van der Waals surface area contributed by atoms with Crippen molar-refractivity contribution in [1.29, 1.82) is 0 Å². The van der Waals surface area contributed by atoms with Crippen LogP contribution in [0.4, 0.5) is 4.39 Å². The van der Waals surface area contributed by atoms with E-state index in [9.17, 15) is 4.39 Å². The molecule has 20 heavy (non-hydrogen) atoms. The van der Waals surface area contributed by atoms with E-state index in [-0.39, 0.29) is 17.6 Å². The maximum atomic E-state index is 13.7. The third-order valence-electron chi connectivity index (χ3n) is 3.79. The molecule has 1 aliphatic rings. The van der Waals surface area contributed by atoms with E-state index < -0.39 is 0 Å². The number of methoxy groups -OCH3 is 1. The highest BCUT2D eigenvalue weighted by Gasteiger charge is 2.12. The van der Waals surface area contributed by atoms with Gasteiger partial charge in [-0.1, -0.05) is 17.7 Å². The van der Waals surface area contributed by atoms with E-state index in [4.69, 9.17) is 10.5 Å². The van der Waals surface area contributed by atoms with Gasteiger partial charge in [0.05, 0.1) is 7.11 Å². The first-order valence-electron chi connectivity index (χ1n) is 7.19. The smallest absolute Gasteiger partial charge is 0.165 e. The highest BCUT2D eigenvalue weighted by molar-refractivity contribution is 5.31. The fourth-order valence-electron chi connectivity index (χ4n) is 2.61. The van der Waals surface area contributed by atoms with Crippen molar-refractivity contribution in [2.45, 2.75) is 31.7 Å². The van der Waals surface area contributed by atoms with Gasteiger partial charge in [-0.05, 0) is 49.9 Å². The van der Waals surface area contributed by atoms with Crippen LogP contribution in [-0.4, -0.2) is 20.2 Å². The van der Waals surface area contributed by atoms with E-state index in [0.29, 0.717) is 6.54 Å². The summed E-state index contributed by atoms with van der Waals surface area (Å²) in [6.45, 7) is 1.33. The minimum Gasteiger partial charge on any atom is -0.494 e. The molecule has 0 bridgehead atoms. The number of rotatable bonds is 7. The van der Waals surface area contributed by atoms with Gasteiger partial charge in [0.2, 0.25) is 0 Å². The zero-order chi connectivity index (χ0) is 14.4. The zero-order valence-electron chi connectivity index (χ0n) is 12.0. The minimum atomic E-state index is -0.344. The molecule has 0 aromatic heterocycles. The van der Waals surface area contributed by atoms with Crippen LogP contribution in [0.1, 0.15) is 37.3 Å². The Morgan fingerprint density at radius 3 is 2.90 bits per heavy atom. The minimum absolute atomic E-state index is 0.0163. The van der Waals surface area contributed by atoms with Crippen molar-refractivity contribution in [2.24, 2.45) is 5.73 Å². The standard InChI is InChI=1S/C16H23FN2O/c1-20-16-7-6-13(10-14(16)17)15(11-18)19-9-8-12-4-2-3-5-12/h4,6-7,10,15,19H,2-3,5,8-9,11,18H2,1H3. The number of hydrogen-bond donors (Lipinski definition) is 2. The van der Waals surface area contributed by atoms with Gasteiger partial charge in [0, 0.05) is 12.6 Å². The molecule has 3 nitrogen and oxygen atoms in total. The van der Waals surface area contributed by atoms with Crippen LogP contribution in [0.25, 0.3) is 0 Å². The molecule has 1 aromatic carbocycles. The lowest BCUT2D eigenvalue weighted by Gasteiger charge is -2.18. The third kappa shape index (κ3) is 3.81. The summed E-state index contributed by atoms with van der Waals surface area (Å²) in [5.41, 5.74) is 8.18. The van der Waals surface area contributed by atoms with Gasteiger partial charge >= 0.3 is 0 Å². The van der Waals surface area contributed by atoms with Crippen LogP contribution in [0.3, 0.4) is 0 Å². The van der Waals surface area contributed by atoms with Crippen LogP contribution in [0.5, 0.6) is 5.75 Å². The van der Waals surface area contributed by atoms with Gasteiger partial charge < -0.3 is 15.8 Å². The van der Waals surface area contributed by atoms with Gasteiger partial charge in [0.25, 0.3) is 0 Å². The van der Waals surface area contributed by atoms with E-state index in [2.05, 4.69) is 11.4 Å². The van der Waals surface area contributed by atoms with Crippen molar-refractivity contribution < 1.29 is 9.13 Å². The van der Waals surface area contributed by atoms with Gasteiger partial charge in [0.1, 0.15) is 0 Å². The number of nitrogens with two attached hydrogens (primary N) is 1. The molecule has 0 aliphatic heterocycles. The third-order valence-corrected chi connectivity index (χ3v) is 3.79. The molecule has 1 aliphatic carbocycles. The van der Waals surface area contributed by atoms with Gasteiger partial charge in [-0.15, -0.1) is 0 Å². The molecule has 0 heterocycles. The lowest BCUT2D eigenvalue weighted by molar-refractivity contribution is 0.385. The number of nitrogens with one attached hydrogen (secondary N) is 1. The molecule has 1 atom stereocenters. The second kappa shape index (κ2) is 7.41. The molecule has 4 heteroatoms. The summed E-state index contributed by atoms with van der Waals surface area (Å²) in [7, 11) is 1.46. The Hall–Kier alpha value is -1.39. The monoisotopic (exact) mass is 278 g/mol. The van der Waals surface area contributed by atoms with Gasteiger partial charge in [0.15, 0.2) is 11.6 Å². The summed E-state index contributed by atoms with van der Waals surface area (Å²) in [6, 6.07) is 4.99. The van der Waals surface area contributed by atoms with E-state index >= 15 is 0 Å². The van der Waals surface area contributed by atoms with Crippen LogP contribution in [0.15, 0.2) is 29.8 Å². The Kier molecular flexibility index (Phi) is 5.56. The summed E-state index contributed by atoms with van der Waals surface area (Å²) in [6.07, 6.45) is 7.08. The molecule has 0 radical (unpaired) electrons. The second-order valence-corrected chi connectivity index (χ2v) is 5.14. The molecule has 110 valence electrons. The average molecular weight is 278 g/mol. The molecule has 1 unspecified atom stereocenters. The van der Waals surface area contributed by atoms with Crippen molar-refractivity contribution in [2.75, 3.05) is 20.2 Å². The summed E-state index contributed by atoms with van der Waals surface area (Å²) >= 11 is 0. The van der Waals surface area contributed by atoms with Gasteiger partial charge in [-0.2, -0.15) is 0 Å².